The molecule has 9 heteroatoms. The summed E-state index contributed by atoms with van der Waals surface area (Å²) in [6.45, 7) is 12.4. The molecular weight excluding hydrogens is 451 g/mol. The molecule has 0 bridgehead atoms. The molecule has 0 aromatic heterocycles. The summed E-state index contributed by atoms with van der Waals surface area (Å²) < 4.78 is 19.4. The maximum atomic E-state index is 14.0. The van der Waals surface area contributed by atoms with E-state index in [4.69, 9.17) is 4.74 Å². The number of nitrogens with zero attached hydrogens (tertiary/aromatic N) is 3. The van der Waals surface area contributed by atoms with Crippen LogP contribution in [0.4, 0.5) is 9.18 Å². The van der Waals surface area contributed by atoms with Crippen LogP contribution in [0.15, 0.2) is 35.5 Å². The molecular formula is C26H37FN4O4. The van der Waals surface area contributed by atoms with Crippen molar-refractivity contribution in [2.75, 3.05) is 39.3 Å². The molecule has 0 spiro atoms. The van der Waals surface area contributed by atoms with Crippen molar-refractivity contribution in [3.63, 3.8) is 0 Å². The maximum Gasteiger partial charge on any atom is 0.338 e. The number of benzene rings is 1. The number of halogens is 1. The molecule has 3 rings (SSSR count). The van der Waals surface area contributed by atoms with Gasteiger partial charge >= 0.3 is 12.0 Å². The molecule has 2 aliphatic rings. The first-order chi connectivity index (χ1) is 16.7. The third kappa shape index (κ3) is 6.20. The van der Waals surface area contributed by atoms with Crippen molar-refractivity contribution in [2.24, 2.45) is 5.92 Å². The average molecular weight is 489 g/mol. The number of ether oxygens (including phenoxy) is 1. The van der Waals surface area contributed by atoms with Gasteiger partial charge in [0.1, 0.15) is 5.82 Å². The highest BCUT2D eigenvalue weighted by Gasteiger charge is 2.39. The van der Waals surface area contributed by atoms with Gasteiger partial charge in [0.2, 0.25) is 5.91 Å². The molecule has 0 saturated carbocycles. The SMILES string of the molecule is CCOC(=O)C1=C(CN2CCN(C(=O)CC(C)C)[C@H](C)C2)N(CC)C(=O)N[C@H]1c1cccc(F)c1. The van der Waals surface area contributed by atoms with E-state index in [9.17, 15) is 18.8 Å². The van der Waals surface area contributed by atoms with Crippen LogP contribution in [0.5, 0.6) is 0 Å². The Bertz CT molecular complexity index is 980. The highest BCUT2D eigenvalue weighted by atomic mass is 19.1. The first kappa shape index (κ1) is 26.7. The van der Waals surface area contributed by atoms with Gasteiger partial charge in [0.25, 0.3) is 0 Å². The van der Waals surface area contributed by atoms with Gasteiger partial charge in [0.05, 0.1) is 18.2 Å². The van der Waals surface area contributed by atoms with Crippen molar-refractivity contribution in [2.45, 2.75) is 53.1 Å². The second kappa shape index (κ2) is 11.7. The van der Waals surface area contributed by atoms with Gasteiger partial charge in [-0.05, 0) is 44.4 Å². The van der Waals surface area contributed by atoms with Gasteiger partial charge in [0.15, 0.2) is 0 Å². The summed E-state index contributed by atoms with van der Waals surface area (Å²) in [4.78, 5) is 44.5. The van der Waals surface area contributed by atoms with E-state index in [2.05, 4.69) is 10.2 Å². The minimum atomic E-state index is -0.818. The number of hydrogen-bond donors (Lipinski definition) is 1. The van der Waals surface area contributed by atoms with E-state index in [1.165, 1.54) is 12.1 Å². The highest BCUT2D eigenvalue weighted by molar-refractivity contribution is 5.95. The van der Waals surface area contributed by atoms with Crippen LogP contribution in [-0.2, 0) is 14.3 Å². The molecule has 8 nitrogen and oxygen atoms in total. The molecule has 1 saturated heterocycles. The van der Waals surface area contributed by atoms with Crippen LogP contribution in [0.2, 0.25) is 0 Å². The van der Waals surface area contributed by atoms with E-state index in [1.807, 2.05) is 32.6 Å². The number of piperazine rings is 1. The molecule has 1 fully saturated rings. The van der Waals surface area contributed by atoms with Gasteiger partial charge in [-0.25, -0.2) is 14.0 Å². The Labute approximate surface area is 207 Å². The number of esters is 1. The average Bonchev–Trinajstić information content (AvgIpc) is 2.78. The third-order valence-corrected chi connectivity index (χ3v) is 6.42. The molecule has 1 aromatic carbocycles. The van der Waals surface area contributed by atoms with E-state index < -0.39 is 17.8 Å². The molecule has 192 valence electrons. The predicted molar refractivity (Wildman–Crippen MR) is 131 cm³/mol. The van der Waals surface area contributed by atoms with Gasteiger partial charge in [-0.15, -0.1) is 0 Å². The summed E-state index contributed by atoms with van der Waals surface area (Å²) in [7, 11) is 0. The molecule has 35 heavy (non-hydrogen) atoms. The zero-order valence-corrected chi connectivity index (χ0v) is 21.3. The lowest BCUT2D eigenvalue weighted by atomic mass is 9.94. The van der Waals surface area contributed by atoms with Gasteiger partial charge < -0.3 is 15.0 Å². The maximum absolute atomic E-state index is 14.0. The van der Waals surface area contributed by atoms with Gasteiger partial charge in [-0.1, -0.05) is 26.0 Å². The summed E-state index contributed by atoms with van der Waals surface area (Å²) in [5.41, 5.74) is 1.34. The summed E-state index contributed by atoms with van der Waals surface area (Å²) in [5, 5.41) is 2.86. The predicted octanol–water partition coefficient (Wildman–Crippen LogP) is 3.31. The highest BCUT2D eigenvalue weighted by Crippen LogP contribution is 2.32. The van der Waals surface area contributed by atoms with E-state index in [-0.39, 0.29) is 24.6 Å². The molecule has 1 N–H and O–H groups in total. The number of carbonyl (C=O) groups excluding carboxylic acids is 3. The number of amides is 3. The molecule has 3 amide bonds. The molecule has 0 radical (unpaired) electrons. The summed E-state index contributed by atoms with van der Waals surface area (Å²) in [6.07, 6.45) is 0.515. The number of hydrogen-bond acceptors (Lipinski definition) is 5. The number of urea groups is 1. The van der Waals surface area contributed by atoms with Gasteiger partial charge in [-0.2, -0.15) is 0 Å². The van der Waals surface area contributed by atoms with Gasteiger partial charge in [-0.3, -0.25) is 14.6 Å². The molecule has 0 aliphatic carbocycles. The molecule has 1 aromatic rings. The van der Waals surface area contributed by atoms with E-state index in [1.54, 1.807) is 24.0 Å². The smallest absolute Gasteiger partial charge is 0.338 e. The fourth-order valence-corrected chi connectivity index (χ4v) is 4.82. The second-order valence-corrected chi connectivity index (χ2v) is 9.53. The number of likely N-dealkylation sites (N-methyl/N-ethyl adjacent to an activating group) is 1. The third-order valence-electron chi connectivity index (χ3n) is 6.42. The van der Waals surface area contributed by atoms with Gasteiger partial charge in [0, 0.05) is 50.9 Å². The van der Waals surface area contributed by atoms with E-state index >= 15 is 0 Å². The molecule has 0 unspecified atom stereocenters. The first-order valence-corrected chi connectivity index (χ1v) is 12.4. The molecule has 2 aliphatic heterocycles. The summed E-state index contributed by atoms with van der Waals surface area (Å²) in [6, 6.07) is 4.74. The van der Waals surface area contributed by atoms with Crippen LogP contribution < -0.4 is 5.32 Å². The van der Waals surface area contributed by atoms with Crippen LogP contribution in [0.25, 0.3) is 0 Å². The Morgan fingerprint density at radius 2 is 1.97 bits per heavy atom. The summed E-state index contributed by atoms with van der Waals surface area (Å²) >= 11 is 0. The van der Waals surface area contributed by atoms with Crippen molar-refractivity contribution < 1.29 is 23.5 Å². The lowest BCUT2D eigenvalue weighted by Gasteiger charge is -2.43. The Kier molecular flexibility index (Phi) is 8.88. The van der Waals surface area contributed by atoms with E-state index in [0.29, 0.717) is 61.9 Å². The molecule has 2 atom stereocenters. The minimum absolute atomic E-state index is 0.00755. The standard InChI is InChI=1S/C26H37FN4O4/c1-6-30-21(16-29-11-12-31(18(5)15-29)22(32)13-17(3)4)23(25(33)35-7-2)24(28-26(30)34)19-9-8-10-20(27)14-19/h8-10,14,17-18,24H,6-7,11-13,15-16H2,1-5H3,(H,28,34)/t18-,24+/m1/s1. The number of nitrogens with one attached hydrogen (secondary N) is 1. The fraction of sp³-hybridized carbons (Fsp3) is 0.577. The van der Waals surface area contributed by atoms with E-state index in [0.717, 1.165) is 0 Å². The van der Waals surface area contributed by atoms with Crippen LogP contribution in [0.1, 0.15) is 52.6 Å². The number of carbonyl (C=O) groups is 3. The first-order valence-electron chi connectivity index (χ1n) is 12.4. The topological polar surface area (TPSA) is 82.2 Å². The Morgan fingerprint density at radius 1 is 1.23 bits per heavy atom. The normalized spacial score (nSPS) is 21.4. The second-order valence-electron chi connectivity index (χ2n) is 9.53. The Balaban J connectivity index is 1.94. The van der Waals surface area contributed by atoms with Crippen molar-refractivity contribution in [1.29, 1.82) is 0 Å². The zero-order chi connectivity index (χ0) is 25.7. The number of rotatable bonds is 8. The van der Waals surface area contributed by atoms with Crippen molar-refractivity contribution in [3.05, 3.63) is 46.9 Å². The van der Waals surface area contributed by atoms with Crippen molar-refractivity contribution in [1.82, 2.24) is 20.0 Å². The van der Waals surface area contributed by atoms with Crippen molar-refractivity contribution in [3.8, 4) is 0 Å². The summed E-state index contributed by atoms with van der Waals surface area (Å²) in [5.74, 6) is -0.537. The monoisotopic (exact) mass is 488 g/mol. The largest absolute Gasteiger partial charge is 0.463 e. The zero-order valence-electron chi connectivity index (χ0n) is 21.3. The Hall–Kier alpha value is -2.94. The van der Waals surface area contributed by atoms with Crippen LogP contribution in [0.3, 0.4) is 0 Å². The minimum Gasteiger partial charge on any atom is -0.463 e. The van der Waals surface area contributed by atoms with Crippen LogP contribution in [-0.4, -0.2) is 78.0 Å². The van der Waals surface area contributed by atoms with Crippen LogP contribution in [0, 0.1) is 11.7 Å². The molecule has 2 heterocycles. The quantitative estimate of drug-likeness (QED) is 0.568. The lowest BCUT2D eigenvalue weighted by molar-refractivity contribution is -0.139. The van der Waals surface area contributed by atoms with Crippen LogP contribution >= 0.6 is 0 Å². The Morgan fingerprint density at radius 3 is 2.57 bits per heavy atom. The lowest BCUT2D eigenvalue weighted by Crippen LogP contribution is -2.56. The fourth-order valence-electron chi connectivity index (χ4n) is 4.82. The van der Waals surface area contributed by atoms with Crippen molar-refractivity contribution >= 4 is 17.9 Å².